The lowest BCUT2D eigenvalue weighted by molar-refractivity contribution is -0.152. The van der Waals surface area contributed by atoms with Crippen LogP contribution in [-0.4, -0.2) is 55.5 Å². The number of carbonyl (C=O) groups is 1. The maximum Gasteiger partial charge on any atom is 0.310 e. The normalized spacial score (nSPS) is 27.6. The fourth-order valence-corrected chi connectivity index (χ4v) is 4.55. The Morgan fingerprint density at radius 1 is 1.05 bits per heavy atom. The van der Waals surface area contributed by atoms with Crippen molar-refractivity contribution in [1.82, 2.24) is 4.90 Å². The third-order valence-corrected chi connectivity index (χ3v) is 6.15. The van der Waals surface area contributed by atoms with Crippen LogP contribution < -0.4 is 0 Å². The summed E-state index contributed by atoms with van der Waals surface area (Å²) < 4.78 is 23.2. The Labute approximate surface area is 114 Å². The predicted molar refractivity (Wildman–Crippen MR) is 72.9 cm³/mol. The Morgan fingerprint density at radius 3 is 2.37 bits per heavy atom. The van der Waals surface area contributed by atoms with Gasteiger partial charge in [-0.3, -0.25) is 4.79 Å². The SMILES string of the molecule is O=C(O)C1(CN2CCCS(=O)(=O)CC2)CCCCC1. The second kappa shape index (κ2) is 5.79. The first-order valence-corrected chi connectivity index (χ1v) is 8.92. The molecule has 0 unspecified atom stereocenters. The molecule has 0 aromatic heterocycles. The summed E-state index contributed by atoms with van der Waals surface area (Å²) in [6.45, 7) is 1.70. The van der Waals surface area contributed by atoms with Crippen LogP contribution in [0.25, 0.3) is 0 Å². The van der Waals surface area contributed by atoms with Crippen LogP contribution in [0.5, 0.6) is 0 Å². The molecule has 19 heavy (non-hydrogen) atoms. The summed E-state index contributed by atoms with van der Waals surface area (Å²) in [4.78, 5) is 13.7. The maximum atomic E-state index is 11.6. The van der Waals surface area contributed by atoms with E-state index >= 15 is 0 Å². The zero-order chi connectivity index (χ0) is 13.9. The topological polar surface area (TPSA) is 74.7 Å². The second-order valence-corrected chi connectivity index (χ2v) is 8.23. The Bertz CT molecular complexity index is 426. The lowest BCUT2D eigenvalue weighted by Gasteiger charge is -2.37. The minimum absolute atomic E-state index is 0.169. The molecule has 1 aliphatic heterocycles. The summed E-state index contributed by atoms with van der Waals surface area (Å²) >= 11 is 0. The van der Waals surface area contributed by atoms with Crippen LogP contribution in [0, 0.1) is 5.41 Å². The van der Waals surface area contributed by atoms with Gasteiger partial charge in [-0.05, 0) is 25.8 Å². The van der Waals surface area contributed by atoms with Crippen molar-refractivity contribution in [3.8, 4) is 0 Å². The van der Waals surface area contributed by atoms with Crippen LogP contribution >= 0.6 is 0 Å². The molecule has 0 radical (unpaired) electrons. The zero-order valence-corrected chi connectivity index (χ0v) is 12.1. The van der Waals surface area contributed by atoms with E-state index in [-0.39, 0.29) is 11.5 Å². The average molecular weight is 289 g/mol. The lowest BCUT2D eigenvalue weighted by Crippen LogP contribution is -2.45. The van der Waals surface area contributed by atoms with Gasteiger partial charge in [0, 0.05) is 13.1 Å². The largest absolute Gasteiger partial charge is 0.481 e. The van der Waals surface area contributed by atoms with E-state index in [4.69, 9.17) is 0 Å². The number of carboxylic acids is 1. The number of nitrogens with zero attached hydrogens (tertiary/aromatic N) is 1. The molecule has 5 nitrogen and oxygen atoms in total. The summed E-state index contributed by atoms with van der Waals surface area (Å²) in [5.74, 6) is -0.300. The predicted octanol–water partition coefficient (Wildman–Crippen LogP) is 1.14. The van der Waals surface area contributed by atoms with E-state index in [1.807, 2.05) is 4.90 Å². The van der Waals surface area contributed by atoms with E-state index in [0.717, 1.165) is 32.1 Å². The molecule has 0 spiro atoms. The van der Waals surface area contributed by atoms with Gasteiger partial charge >= 0.3 is 5.97 Å². The van der Waals surface area contributed by atoms with E-state index in [1.54, 1.807) is 0 Å². The third-order valence-electron chi connectivity index (χ3n) is 4.44. The Kier molecular flexibility index (Phi) is 4.50. The van der Waals surface area contributed by atoms with Gasteiger partial charge < -0.3 is 10.0 Å². The van der Waals surface area contributed by atoms with Gasteiger partial charge in [-0.1, -0.05) is 19.3 Å². The fourth-order valence-electron chi connectivity index (χ4n) is 3.24. The molecule has 0 aromatic rings. The molecular weight excluding hydrogens is 266 g/mol. The quantitative estimate of drug-likeness (QED) is 0.843. The van der Waals surface area contributed by atoms with E-state index in [1.165, 1.54) is 0 Å². The van der Waals surface area contributed by atoms with Crippen molar-refractivity contribution in [2.24, 2.45) is 5.41 Å². The number of hydrogen-bond donors (Lipinski definition) is 1. The number of hydrogen-bond acceptors (Lipinski definition) is 4. The van der Waals surface area contributed by atoms with Crippen molar-refractivity contribution in [3.05, 3.63) is 0 Å². The van der Waals surface area contributed by atoms with Crippen LogP contribution in [0.2, 0.25) is 0 Å². The molecule has 0 amide bonds. The molecule has 0 atom stereocenters. The van der Waals surface area contributed by atoms with Crippen molar-refractivity contribution >= 4 is 15.8 Å². The van der Waals surface area contributed by atoms with Crippen LogP contribution in [0.1, 0.15) is 38.5 Å². The average Bonchev–Trinajstić information content (AvgIpc) is 2.52. The molecule has 1 aliphatic carbocycles. The van der Waals surface area contributed by atoms with Crippen LogP contribution in [-0.2, 0) is 14.6 Å². The van der Waals surface area contributed by atoms with Gasteiger partial charge in [0.25, 0.3) is 0 Å². The van der Waals surface area contributed by atoms with Gasteiger partial charge in [0.05, 0.1) is 16.9 Å². The van der Waals surface area contributed by atoms with E-state index in [9.17, 15) is 18.3 Å². The smallest absolute Gasteiger partial charge is 0.310 e. The lowest BCUT2D eigenvalue weighted by atomic mass is 9.73. The van der Waals surface area contributed by atoms with Crippen molar-refractivity contribution in [2.45, 2.75) is 38.5 Å². The summed E-state index contributed by atoms with van der Waals surface area (Å²) in [6, 6.07) is 0. The monoisotopic (exact) mass is 289 g/mol. The number of rotatable bonds is 3. The Hall–Kier alpha value is -0.620. The Balaban J connectivity index is 2.03. The van der Waals surface area contributed by atoms with Crippen molar-refractivity contribution in [3.63, 3.8) is 0 Å². The van der Waals surface area contributed by atoms with E-state index in [0.29, 0.717) is 26.1 Å². The Morgan fingerprint density at radius 2 is 1.74 bits per heavy atom. The minimum atomic E-state index is -2.92. The molecule has 1 saturated heterocycles. The van der Waals surface area contributed by atoms with Crippen LogP contribution in [0.15, 0.2) is 0 Å². The molecule has 2 aliphatic rings. The van der Waals surface area contributed by atoms with E-state index in [2.05, 4.69) is 0 Å². The number of aliphatic carboxylic acids is 1. The molecule has 110 valence electrons. The highest BCUT2D eigenvalue weighted by molar-refractivity contribution is 7.91. The third kappa shape index (κ3) is 3.69. The standard InChI is InChI=1S/C13H23NO4S/c15-12(16)13(5-2-1-3-6-13)11-14-7-4-9-19(17,18)10-8-14/h1-11H2,(H,15,16). The van der Waals surface area contributed by atoms with Crippen LogP contribution in [0.4, 0.5) is 0 Å². The van der Waals surface area contributed by atoms with Crippen molar-refractivity contribution in [2.75, 3.05) is 31.1 Å². The fraction of sp³-hybridized carbons (Fsp3) is 0.923. The van der Waals surface area contributed by atoms with Gasteiger partial charge in [0.2, 0.25) is 0 Å². The molecule has 1 heterocycles. The van der Waals surface area contributed by atoms with E-state index < -0.39 is 21.2 Å². The highest BCUT2D eigenvalue weighted by atomic mass is 32.2. The summed E-state index contributed by atoms with van der Waals surface area (Å²) in [7, 11) is -2.92. The second-order valence-electron chi connectivity index (χ2n) is 5.93. The van der Waals surface area contributed by atoms with Gasteiger partial charge in [-0.2, -0.15) is 0 Å². The molecule has 1 saturated carbocycles. The molecule has 6 heteroatoms. The summed E-state index contributed by atoms with van der Waals surface area (Å²) in [5, 5.41) is 9.55. The first-order valence-electron chi connectivity index (χ1n) is 7.10. The highest BCUT2D eigenvalue weighted by Crippen LogP contribution is 2.37. The molecule has 0 bridgehead atoms. The van der Waals surface area contributed by atoms with Crippen molar-refractivity contribution in [1.29, 1.82) is 0 Å². The van der Waals surface area contributed by atoms with Gasteiger partial charge in [0.15, 0.2) is 9.84 Å². The number of sulfone groups is 1. The van der Waals surface area contributed by atoms with Crippen LogP contribution in [0.3, 0.4) is 0 Å². The molecule has 2 fully saturated rings. The van der Waals surface area contributed by atoms with Gasteiger partial charge in [-0.25, -0.2) is 8.42 Å². The summed E-state index contributed by atoms with van der Waals surface area (Å²) in [6.07, 6.45) is 5.13. The summed E-state index contributed by atoms with van der Waals surface area (Å²) in [5.41, 5.74) is -0.646. The molecule has 0 aromatic carbocycles. The molecular formula is C13H23NO4S. The first-order chi connectivity index (χ1) is 8.94. The van der Waals surface area contributed by atoms with Gasteiger partial charge in [-0.15, -0.1) is 0 Å². The molecule has 1 N–H and O–H groups in total. The van der Waals surface area contributed by atoms with Crippen molar-refractivity contribution < 1.29 is 18.3 Å². The van der Waals surface area contributed by atoms with Gasteiger partial charge in [0.1, 0.15) is 0 Å². The maximum absolute atomic E-state index is 11.6. The first kappa shape index (κ1) is 14.8. The highest BCUT2D eigenvalue weighted by Gasteiger charge is 2.41. The molecule has 2 rings (SSSR count). The zero-order valence-electron chi connectivity index (χ0n) is 11.3. The minimum Gasteiger partial charge on any atom is -0.481 e. The number of carboxylic acid groups (broad SMARTS) is 1.